The van der Waals surface area contributed by atoms with Crippen LogP contribution in [-0.4, -0.2) is 67.2 Å². The van der Waals surface area contributed by atoms with E-state index in [0.29, 0.717) is 37.8 Å². The fraction of sp³-hybridized carbons (Fsp3) is 0.800. The molecule has 0 radical (unpaired) electrons. The Morgan fingerprint density at radius 2 is 1.14 bits per heavy atom. The number of hydrogen-bond donors (Lipinski definition) is 5. The maximum atomic E-state index is 12.4. The zero-order valence-electron chi connectivity index (χ0n) is 21.3. The fourth-order valence-corrected chi connectivity index (χ4v) is 4.62. The van der Waals surface area contributed by atoms with Crippen molar-refractivity contribution in [2.24, 2.45) is 40.9 Å². The molecule has 2 aliphatic carbocycles. The van der Waals surface area contributed by atoms with Gasteiger partial charge in [-0.1, -0.05) is 12.8 Å². The number of nitrogens with one attached hydrogen (secondary N) is 2. The number of carbonyl (C=O) groups is 5. The molecule has 2 saturated carbocycles. The van der Waals surface area contributed by atoms with E-state index in [-0.39, 0.29) is 67.4 Å². The predicted octanol–water partition coefficient (Wildman–Crippen LogP) is -0.240. The molecule has 0 aromatic heterocycles. The first-order chi connectivity index (χ1) is 17.2. The molecule has 36 heavy (non-hydrogen) atoms. The highest BCUT2D eigenvalue weighted by atomic mass is 16.2. The zero-order valence-corrected chi connectivity index (χ0v) is 21.3. The predicted molar refractivity (Wildman–Crippen MR) is 135 cm³/mol. The maximum absolute atomic E-state index is 12.4. The summed E-state index contributed by atoms with van der Waals surface area (Å²) in [5, 5.41) is 5.55. The number of nitrogens with two attached hydrogens (primary N) is 3. The molecule has 8 N–H and O–H groups in total. The molecule has 2 unspecified atom stereocenters. The third-order valence-corrected chi connectivity index (χ3v) is 7.02. The average Bonchev–Trinajstić information content (AvgIpc) is 3.72. The molecule has 0 bridgehead atoms. The lowest BCUT2D eigenvalue weighted by atomic mass is 9.96. The minimum Gasteiger partial charge on any atom is -0.369 e. The van der Waals surface area contributed by atoms with Crippen LogP contribution in [0.1, 0.15) is 70.6 Å². The minimum atomic E-state index is -0.356. The molecule has 11 heteroatoms. The summed E-state index contributed by atoms with van der Waals surface area (Å²) in [5.41, 5.74) is 16.4. The molecule has 2 atom stereocenters. The maximum Gasteiger partial charge on any atom is 0.239 e. The van der Waals surface area contributed by atoms with Crippen LogP contribution < -0.4 is 27.8 Å². The van der Waals surface area contributed by atoms with Gasteiger partial charge in [0.1, 0.15) is 13.1 Å². The number of primary amides is 2. The standard InChI is InChI=1S/C25H44N6O5/c26-12-11-23(34)31(15-21(32)29-13-3-1-5-19(24(27)35)17-7-8-17)16-22(33)30-14-4-2-6-20(25(28)36)18-9-10-18/h17-20H,1-16,26H2,(H2,27,35)(H2,28,36)(H,29,32)(H,30,33). The molecule has 204 valence electrons. The van der Waals surface area contributed by atoms with Crippen LogP contribution in [0.3, 0.4) is 0 Å². The second-order valence-electron chi connectivity index (χ2n) is 10.2. The minimum absolute atomic E-state index is 0.0475. The van der Waals surface area contributed by atoms with Crippen LogP contribution in [-0.2, 0) is 24.0 Å². The highest BCUT2D eigenvalue weighted by Gasteiger charge is 2.35. The first kappa shape index (κ1) is 29.5. The molecule has 11 nitrogen and oxygen atoms in total. The van der Waals surface area contributed by atoms with E-state index < -0.39 is 0 Å². The Labute approximate surface area is 213 Å². The third-order valence-electron chi connectivity index (χ3n) is 7.02. The van der Waals surface area contributed by atoms with Crippen molar-refractivity contribution < 1.29 is 24.0 Å². The van der Waals surface area contributed by atoms with Gasteiger partial charge in [-0.05, 0) is 63.2 Å². The number of rotatable bonds is 20. The van der Waals surface area contributed by atoms with Crippen molar-refractivity contribution in [2.45, 2.75) is 70.6 Å². The Bertz CT molecular complexity index is 714. The van der Waals surface area contributed by atoms with Crippen LogP contribution in [0.25, 0.3) is 0 Å². The van der Waals surface area contributed by atoms with Gasteiger partial charge in [-0.25, -0.2) is 0 Å². The number of amides is 5. The molecular formula is C25H44N6O5. The van der Waals surface area contributed by atoms with E-state index in [1.165, 1.54) is 4.90 Å². The average molecular weight is 509 g/mol. The molecule has 0 aliphatic heterocycles. The van der Waals surface area contributed by atoms with Gasteiger partial charge in [0, 0.05) is 37.9 Å². The van der Waals surface area contributed by atoms with Crippen molar-refractivity contribution in [3.05, 3.63) is 0 Å². The van der Waals surface area contributed by atoms with Gasteiger partial charge >= 0.3 is 0 Å². The Kier molecular flexibility index (Phi) is 12.7. The lowest BCUT2D eigenvalue weighted by molar-refractivity contribution is -0.139. The van der Waals surface area contributed by atoms with Gasteiger partial charge in [-0.15, -0.1) is 0 Å². The fourth-order valence-electron chi connectivity index (χ4n) is 4.62. The van der Waals surface area contributed by atoms with Gasteiger partial charge in [-0.3, -0.25) is 24.0 Å². The second-order valence-corrected chi connectivity index (χ2v) is 10.2. The summed E-state index contributed by atoms with van der Waals surface area (Å²) in [6, 6.07) is 0. The number of carbonyl (C=O) groups excluding carboxylic acids is 5. The van der Waals surface area contributed by atoms with Crippen LogP contribution in [0.5, 0.6) is 0 Å². The lowest BCUT2D eigenvalue weighted by Gasteiger charge is -2.22. The van der Waals surface area contributed by atoms with Gasteiger partial charge in [0.05, 0.1) is 0 Å². The highest BCUT2D eigenvalue weighted by Crippen LogP contribution is 2.39. The lowest BCUT2D eigenvalue weighted by Crippen LogP contribution is -2.46. The van der Waals surface area contributed by atoms with Crippen LogP contribution in [0.2, 0.25) is 0 Å². The van der Waals surface area contributed by atoms with Crippen LogP contribution in [0.4, 0.5) is 0 Å². The number of unbranched alkanes of at least 4 members (excludes halogenated alkanes) is 2. The second kappa shape index (κ2) is 15.4. The Hall–Kier alpha value is -2.69. The smallest absolute Gasteiger partial charge is 0.239 e. The molecule has 2 aliphatic rings. The van der Waals surface area contributed by atoms with Gasteiger partial charge in [0.15, 0.2) is 0 Å². The largest absolute Gasteiger partial charge is 0.369 e. The van der Waals surface area contributed by atoms with Crippen molar-refractivity contribution >= 4 is 29.5 Å². The molecule has 0 saturated heterocycles. The molecule has 2 rings (SSSR count). The van der Waals surface area contributed by atoms with Crippen molar-refractivity contribution in [3.8, 4) is 0 Å². The first-order valence-corrected chi connectivity index (χ1v) is 13.3. The summed E-state index contributed by atoms with van der Waals surface area (Å²) >= 11 is 0. The third kappa shape index (κ3) is 11.4. The van der Waals surface area contributed by atoms with Gasteiger partial charge < -0.3 is 32.7 Å². The summed E-state index contributed by atoms with van der Waals surface area (Å²) in [4.78, 5) is 61.3. The Balaban J connectivity index is 1.64. The van der Waals surface area contributed by atoms with Crippen molar-refractivity contribution in [1.82, 2.24) is 15.5 Å². The van der Waals surface area contributed by atoms with E-state index in [1.807, 2.05) is 0 Å². The highest BCUT2D eigenvalue weighted by molar-refractivity contribution is 5.89. The van der Waals surface area contributed by atoms with Crippen molar-refractivity contribution in [1.29, 1.82) is 0 Å². The normalized spacial score (nSPS) is 16.6. The summed E-state index contributed by atoms with van der Waals surface area (Å²) in [6.07, 6.45) is 8.69. The number of nitrogens with zero attached hydrogens (tertiary/aromatic N) is 1. The number of hydrogen-bond acceptors (Lipinski definition) is 6. The van der Waals surface area contributed by atoms with E-state index >= 15 is 0 Å². The summed E-state index contributed by atoms with van der Waals surface area (Å²) < 4.78 is 0. The summed E-state index contributed by atoms with van der Waals surface area (Å²) in [7, 11) is 0. The molecule has 0 aromatic rings. The monoisotopic (exact) mass is 508 g/mol. The quantitative estimate of drug-likeness (QED) is 0.141. The molecule has 5 amide bonds. The summed E-state index contributed by atoms with van der Waals surface area (Å²) in [5.74, 6) is -0.869. The van der Waals surface area contributed by atoms with Crippen molar-refractivity contribution in [3.63, 3.8) is 0 Å². The summed E-state index contributed by atoms with van der Waals surface area (Å²) in [6.45, 7) is 0.531. The Morgan fingerprint density at radius 1 is 0.722 bits per heavy atom. The van der Waals surface area contributed by atoms with E-state index in [0.717, 1.165) is 51.4 Å². The topological polar surface area (TPSA) is 191 Å². The van der Waals surface area contributed by atoms with E-state index in [9.17, 15) is 24.0 Å². The molecule has 0 spiro atoms. The van der Waals surface area contributed by atoms with Gasteiger partial charge in [0.2, 0.25) is 29.5 Å². The molecule has 0 aromatic carbocycles. The van der Waals surface area contributed by atoms with Crippen LogP contribution >= 0.6 is 0 Å². The van der Waals surface area contributed by atoms with Crippen LogP contribution in [0.15, 0.2) is 0 Å². The van der Waals surface area contributed by atoms with Crippen LogP contribution in [0, 0.1) is 23.7 Å². The van der Waals surface area contributed by atoms with E-state index in [4.69, 9.17) is 17.2 Å². The van der Waals surface area contributed by atoms with Gasteiger partial charge in [-0.2, -0.15) is 0 Å². The molecule has 2 fully saturated rings. The Morgan fingerprint density at radius 3 is 1.47 bits per heavy atom. The first-order valence-electron chi connectivity index (χ1n) is 13.3. The molecular weight excluding hydrogens is 464 g/mol. The van der Waals surface area contributed by atoms with E-state index in [2.05, 4.69) is 10.6 Å². The molecule has 0 heterocycles. The van der Waals surface area contributed by atoms with Crippen molar-refractivity contribution in [2.75, 3.05) is 32.7 Å². The van der Waals surface area contributed by atoms with Gasteiger partial charge in [0.25, 0.3) is 0 Å². The van der Waals surface area contributed by atoms with E-state index in [1.54, 1.807) is 0 Å². The zero-order chi connectivity index (χ0) is 26.5. The SMILES string of the molecule is NCCC(=O)N(CC(=O)NCCCCC(C(N)=O)C1CC1)CC(=O)NCCCCC(C(N)=O)C1CC1.